The van der Waals surface area contributed by atoms with Crippen LogP contribution < -0.4 is 0 Å². The Morgan fingerprint density at radius 3 is 2.89 bits per heavy atom. The zero-order valence-electron chi connectivity index (χ0n) is 15.6. The Morgan fingerprint density at radius 2 is 2.15 bits per heavy atom. The molecule has 3 aromatic rings. The van der Waals surface area contributed by atoms with Crippen LogP contribution in [-0.2, 0) is 17.6 Å². The molecule has 0 amide bonds. The van der Waals surface area contributed by atoms with Crippen molar-refractivity contribution >= 4 is 5.97 Å². The van der Waals surface area contributed by atoms with Crippen molar-refractivity contribution in [1.29, 1.82) is 0 Å². The highest BCUT2D eigenvalue weighted by atomic mass is 19.1. The van der Waals surface area contributed by atoms with Crippen molar-refractivity contribution in [2.24, 2.45) is 0 Å². The first kappa shape index (κ1) is 17.5. The zero-order chi connectivity index (χ0) is 19.1. The molecular formula is C21H21FN2O3. The number of carbonyl (C=O) groups is 1. The van der Waals surface area contributed by atoms with Crippen LogP contribution in [0.4, 0.5) is 4.39 Å². The second-order valence-electron chi connectivity index (χ2n) is 6.76. The van der Waals surface area contributed by atoms with E-state index >= 15 is 0 Å². The molecule has 0 saturated carbocycles. The van der Waals surface area contributed by atoms with Gasteiger partial charge in [0.25, 0.3) is 0 Å². The summed E-state index contributed by atoms with van der Waals surface area (Å²) in [7, 11) is 0. The molecule has 140 valence electrons. The summed E-state index contributed by atoms with van der Waals surface area (Å²) in [5.41, 5.74) is 4.07. The summed E-state index contributed by atoms with van der Waals surface area (Å²) in [5, 5.41) is 4.73. The van der Waals surface area contributed by atoms with Crippen LogP contribution in [0.1, 0.15) is 52.9 Å². The Labute approximate surface area is 156 Å². The van der Waals surface area contributed by atoms with Gasteiger partial charge in [0.1, 0.15) is 11.6 Å². The monoisotopic (exact) mass is 368 g/mol. The molecule has 1 aliphatic carbocycles. The number of aryl methyl sites for hydroxylation is 2. The Kier molecular flexibility index (Phi) is 4.34. The summed E-state index contributed by atoms with van der Waals surface area (Å²) in [6, 6.07) is 6.49. The number of halogens is 1. The lowest BCUT2D eigenvalue weighted by Crippen LogP contribution is -2.09. The fourth-order valence-electron chi connectivity index (χ4n) is 3.68. The third-order valence-electron chi connectivity index (χ3n) is 5.10. The molecule has 4 rings (SSSR count). The van der Waals surface area contributed by atoms with Crippen molar-refractivity contribution < 1.29 is 18.3 Å². The summed E-state index contributed by atoms with van der Waals surface area (Å²) in [6.45, 7) is 5.83. The van der Waals surface area contributed by atoms with Crippen LogP contribution in [0.25, 0.3) is 11.3 Å². The third-order valence-corrected chi connectivity index (χ3v) is 5.10. The highest BCUT2D eigenvalue weighted by Gasteiger charge is 2.31. The number of esters is 1. The molecule has 0 saturated heterocycles. The minimum absolute atomic E-state index is 0.239. The molecule has 0 fully saturated rings. The first-order valence-corrected chi connectivity index (χ1v) is 9.13. The standard InChI is InChI=1S/C21H21FN2O3/c1-4-26-21(25)20-12(2)18-17(27-20)10-9-14-11-24(23-19(14)18)13(3)15-7-5-6-8-16(15)22/h5-8,11,13H,4,9-10H2,1-3H3. The first-order chi connectivity index (χ1) is 13.0. The summed E-state index contributed by atoms with van der Waals surface area (Å²) < 4.78 is 26.8. The van der Waals surface area contributed by atoms with E-state index in [2.05, 4.69) is 0 Å². The van der Waals surface area contributed by atoms with Crippen molar-refractivity contribution in [1.82, 2.24) is 9.78 Å². The van der Waals surface area contributed by atoms with E-state index in [9.17, 15) is 9.18 Å². The second-order valence-corrected chi connectivity index (χ2v) is 6.76. The number of fused-ring (bicyclic) bond motifs is 3. The molecule has 2 heterocycles. The number of carbonyl (C=O) groups excluding carboxylic acids is 1. The number of rotatable bonds is 4. The molecule has 6 heteroatoms. The van der Waals surface area contributed by atoms with Crippen LogP contribution in [0.15, 0.2) is 34.9 Å². The van der Waals surface area contributed by atoms with E-state index in [1.54, 1.807) is 23.7 Å². The maximum absolute atomic E-state index is 14.2. The van der Waals surface area contributed by atoms with Gasteiger partial charge in [0.05, 0.1) is 18.3 Å². The second kappa shape index (κ2) is 6.68. The van der Waals surface area contributed by atoms with E-state index in [1.807, 2.05) is 26.1 Å². The van der Waals surface area contributed by atoms with E-state index in [4.69, 9.17) is 14.3 Å². The molecule has 1 aliphatic rings. The van der Waals surface area contributed by atoms with E-state index in [1.165, 1.54) is 6.07 Å². The maximum atomic E-state index is 14.2. The summed E-state index contributed by atoms with van der Waals surface area (Å²) in [5.74, 6) is 0.298. The molecule has 2 aromatic heterocycles. The lowest BCUT2D eigenvalue weighted by atomic mass is 9.94. The molecule has 1 aromatic carbocycles. The minimum atomic E-state index is -0.454. The Bertz CT molecular complexity index is 1020. The van der Waals surface area contributed by atoms with Gasteiger partial charge in [-0.1, -0.05) is 18.2 Å². The minimum Gasteiger partial charge on any atom is -0.460 e. The van der Waals surface area contributed by atoms with E-state index in [0.29, 0.717) is 18.6 Å². The molecule has 27 heavy (non-hydrogen) atoms. The highest BCUT2D eigenvalue weighted by molar-refractivity contribution is 5.91. The van der Waals surface area contributed by atoms with Gasteiger partial charge in [0.2, 0.25) is 5.76 Å². The molecule has 0 N–H and O–H groups in total. The lowest BCUT2D eigenvalue weighted by Gasteiger charge is -2.13. The van der Waals surface area contributed by atoms with Gasteiger partial charge in [0.15, 0.2) is 0 Å². The maximum Gasteiger partial charge on any atom is 0.374 e. The number of hydrogen-bond acceptors (Lipinski definition) is 4. The Balaban J connectivity index is 1.75. The average Bonchev–Trinajstić information content (AvgIpc) is 3.23. The number of benzene rings is 1. The van der Waals surface area contributed by atoms with Crippen LogP contribution in [0.5, 0.6) is 0 Å². The molecule has 1 unspecified atom stereocenters. The number of furan rings is 1. The van der Waals surface area contributed by atoms with E-state index in [-0.39, 0.29) is 17.6 Å². The summed E-state index contributed by atoms with van der Waals surface area (Å²) in [4.78, 5) is 12.1. The van der Waals surface area contributed by atoms with Crippen LogP contribution in [0.3, 0.4) is 0 Å². The predicted molar refractivity (Wildman–Crippen MR) is 98.2 cm³/mol. The van der Waals surface area contributed by atoms with Crippen molar-refractivity contribution in [3.63, 3.8) is 0 Å². The molecule has 0 aliphatic heterocycles. The van der Waals surface area contributed by atoms with Crippen LogP contribution in [-0.4, -0.2) is 22.4 Å². The number of nitrogens with zero attached hydrogens (tertiary/aromatic N) is 2. The smallest absolute Gasteiger partial charge is 0.374 e. The predicted octanol–water partition coefficient (Wildman–Crippen LogP) is 4.48. The fourth-order valence-corrected chi connectivity index (χ4v) is 3.68. The zero-order valence-corrected chi connectivity index (χ0v) is 15.6. The number of aromatic nitrogens is 2. The highest BCUT2D eigenvalue weighted by Crippen LogP contribution is 2.39. The van der Waals surface area contributed by atoms with Gasteiger partial charge in [-0.15, -0.1) is 0 Å². The van der Waals surface area contributed by atoms with Gasteiger partial charge in [-0.2, -0.15) is 5.10 Å². The quantitative estimate of drug-likeness (QED) is 0.638. The summed E-state index contributed by atoms with van der Waals surface area (Å²) in [6.07, 6.45) is 3.43. The van der Waals surface area contributed by atoms with Crippen molar-refractivity contribution in [3.8, 4) is 11.3 Å². The summed E-state index contributed by atoms with van der Waals surface area (Å²) >= 11 is 0. The largest absolute Gasteiger partial charge is 0.460 e. The van der Waals surface area contributed by atoms with E-state index in [0.717, 1.165) is 34.6 Å². The molecule has 1 atom stereocenters. The molecular weight excluding hydrogens is 347 g/mol. The number of hydrogen-bond donors (Lipinski definition) is 0. The van der Waals surface area contributed by atoms with Crippen LogP contribution in [0.2, 0.25) is 0 Å². The Morgan fingerprint density at radius 1 is 1.37 bits per heavy atom. The van der Waals surface area contributed by atoms with Gasteiger partial charge in [0, 0.05) is 29.3 Å². The molecule has 0 spiro atoms. The van der Waals surface area contributed by atoms with Gasteiger partial charge < -0.3 is 9.15 Å². The number of ether oxygens (including phenoxy) is 1. The van der Waals surface area contributed by atoms with Gasteiger partial charge in [-0.3, -0.25) is 4.68 Å². The van der Waals surface area contributed by atoms with Crippen molar-refractivity contribution in [2.45, 2.75) is 39.7 Å². The third kappa shape index (κ3) is 2.85. The van der Waals surface area contributed by atoms with Gasteiger partial charge >= 0.3 is 5.97 Å². The normalized spacial score (nSPS) is 13.8. The topological polar surface area (TPSA) is 57.3 Å². The van der Waals surface area contributed by atoms with Gasteiger partial charge in [-0.25, -0.2) is 9.18 Å². The lowest BCUT2D eigenvalue weighted by molar-refractivity contribution is 0.0487. The average molecular weight is 368 g/mol. The van der Waals surface area contributed by atoms with Crippen LogP contribution >= 0.6 is 0 Å². The molecule has 0 radical (unpaired) electrons. The fraction of sp³-hybridized carbons (Fsp3) is 0.333. The first-order valence-electron chi connectivity index (χ1n) is 9.13. The van der Waals surface area contributed by atoms with Crippen molar-refractivity contribution in [2.75, 3.05) is 6.61 Å². The van der Waals surface area contributed by atoms with Gasteiger partial charge in [-0.05, 0) is 38.8 Å². The van der Waals surface area contributed by atoms with E-state index < -0.39 is 5.97 Å². The Hall–Kier alpha value is -2.89. The molecule has 0 bridgehead atoms. The van der Waals surface area contributed by atoms with Crippen LogP contribution in [0, 0.1) is 12.7 Å². The van der Waals surface area contributed by atoms with Crippen molar-refractivity contribution in [3.05, 3.63) is 64.5 Å². The SMILES string of the molecule is CCOC(=O)c1oc2c(c1C)-c1nn(C(C)c3ccccc3F)cc1CC2. The molecule has 5 nitrogen and oxygen atoms in total.